The smallest absolute Gasteiger partial charge is 0.320 e. The van der Waals surface area contributed by atoms with Crippen LogP contribution in [0.2, 0.25) is 0 Å². The molecule has 2 rings (SSSR count). The minimum atomic E-state index is -0.769. The van der Waals surface area contributed by atoms with Crippen LogP contribution in [0.25, 0.3) is 0 Å². The van der Waals surface area contributed by atoms with Crippen molar-refractivity contribution < 1.29 is 14.7 Å². The van der Waals surface area contributed by atoms with Crippen molar-refractivity contribution in [1.29, 1.82) is 0 Å². The predicted octanol–water partition coefficient (Wildman–Crippen LogP) is 1.20. The number of thioether (sulfide) groups is 1. The number of urea groups is 1. The molecule has 102 valence electrons. The topological polar surface area (TPSA) is 60.9 Å². The molecule has 0 aliphatic carbocycles. The summed E-state index contributed by atoms with van der Waals surface area (Å²) >= 11 is 1.88. The van der Waals surface area contributed by atoms with Crippen LogP contribution in [0.5, 0.6) is 0 Å². The largest absolute Gasteiger partial charge is 0.481 e. The number of hydrogen-bond acceptors (Lipinski definition) is 3. The Bertz CT molecular complexity index is 344. The van der Waals surface area contributed by atoms with E-state index in [2.05, 4.69) is 6.92 Å². The molecule has 0 aromatic heterocycles. The van der Waals surface area contributed by atoms with E-state index >= 15 is 0 Å². The summed E-state index contributed by atoms with van der Waals surface area (Å²) in [4.78, 5) is 26.8. The molecule has 6 heteroatoms. The van der Waals surface area contributed by atoms with E-state index in [9.17, 15) is 9.59 Å². The highest BCUT2D eigenvalue weighted by molar-refractivity contribution is 7.99. The first-order valence-corrected chi connectivity index (χ1v) is 7.52. The number of hydrogen-bond donors (Lipinski definition) is 1. The average molecular weight is 272 g/mol. The van der Waals surface area contributed by atoms with Gasteiger partial charge in [0.1, 0.15) is 0 Å². The first-order valence-electron chi connectivity index (χ1n) is 6.36. The molecule has 2 aliphatic rings. The monoisotopic (exact) mass is 272 g/mol. The van der Waals surface area contributed by atoms with Gasteiger partial charge in [0, 0.05) is 43.1 Å². The molecule has 0 radical (unpaired) electrons. The van der Waals surface area contributed by atoms with Gasteiger partial charge in [0.15, 0.2) is 0 Å². The van der Waals surface area contributed by atoms with Crippen LogP contribution in [0, 0.1) is 11.8 Å². The van der Waals surface area contributed by atoms with Crippen LogP contribution < -0.4 is 0 Å². The van der Waals surface area contributed by atoms with Crippen molar-refractivity contribution in [2.75, 3.05) is 31.1 Å². The fourth-order valence-corrected chi connectivity index (χ4v) is 3.39. The highest BCUT2D eigenvalue weighted by Crippen LogP contribution is 2.27. The molecular formula is C12H20N2O3S. The fourth-order valence-electron chi connectivity index (χ4n) is 2.38. The molecule has 2 fully saturated rings. The van der Waals surface area contributed by atoms with Crippen LogP contribution in [0.15, 0.2) is 0 Å². The normalized spacial score (nSPS) is 26.7. The molecule has 0 saturated carbocycles. The quantitative estimate of drug-likeness (QED) is 0.820. The van der Waals surface area contributed by atoms with E-state index in [-0.39, 0.29) is 23.9 Å². The number of amides is 2. The molecule has 2 aliphatic heterocycles. The number of aliphatic carboxylic acids is 1. The average Bonchev–Trinajstić information content (AvgIpc) is 2.27. The summed E-state index contributed by atoms with van der Waals surface area (Å²) in [5.74, 6) is 0.979. The molecule has 2 atom stereocenters. The van der Waals surface area contributed by atoms with E-state index in [0.717, 1.165) is 18.1 Å². The van der Waals surface area contributed by atoms with Crippen molar-refractivity contribution in [3.63, 3.8) is 0 Å². The van der Waals surface area contributed by atoms with Crippen molar-refractivity contribution in [3.05, 3.63) is 0 Å². The van der Waals surface area contributed by atoms with E-state index in [1.807, 2.05) is 16.7 Å². The number of carbonyl (C=O) groups is 2. The van der Waals surface area contributed by atoms with Gasteiger partial charge >= 0.3 is 12.0 Å². The maximum absolute atomic E-state index is 12.2. The molecule has 5 nitrogen and oxygen atoms in total. The van der Waals surface area contributed by atoms with Gasteiger partial charge in [-0.25, -0.2) is 4.79 Å². The van der Waals surface area contributed by atoms with Crippen LogP contribution in [-0.4, -0.2) is 64.1 Å². The van der Waals surface area contributed by atoms with Crippen LogP contribution in [0.1, 0.15) is 13.8 Å². The van der Waals surface area contributed by atoms with Crippen LogP contribution >= 0.6 is 11.8 Å². The van der Waals surface area contributed by atoms with Gasteiger partial charge in [-0.05, 0) is 6.92 Å². The Kier molecular flexibility index (Phi) is 4.04. The van der Waals surface area contributed by atoms with Crippen molar-refractivity contribution in [1.82, 2.24) is 9.80 Å². The van der Waals surface area contributed by atoms with Gasteiger partial charge in [-0.2, -0.15) is 11.8 Å². The summed E-state index contributed by atoms with van der Waals surface area (Å²) in [7, 11) is 0. The number of nitrogens with zero attached hydrogens (tertiary/aromatic N) is 2. The molecule has 1 N–H and O–H groups in total. The Labute approximate surface area is 112 Å². The standard InChI is InChI=1S/C12H20N2O3S/c1-8-7-18-4-3-14(8)12(17)13-5-10(6-13)9(2)11(15)16/h8-10H,3-7H2,1-2H3,(H,15,16). The van der Waals surface area contributed by atoms with E-state index in [4.69, 9.17) is 5.11 Å². The van der Waals surface area contributed by atoms with Gasteiger partial charge in [0.2, 0.25) is 0 Å². The number of carboxylic acids is 1. The Hall–Kier alpha value is -0.910. The molecule has 0 aromatic carbocycles. The zero-order valence-electron chi connectivity index (χ0n) is 10.8. The van der Waals surface area contributed by atoms with Gasteiger partial charge in [0.25, 0.3) is 0 Å². The molecule has 2 amide bonds. The Morgan fingerprint density at radius 2 is 2.06 bits per heavy atom. The molecule has 2 heterocycles. The van der Waals surface area contributed by atoms with Gasteiger partial charge < -0.3 is 14.9 Å². The first-order chi connectivity index (χ1) is 8.50. The SMILES string of the molecule is CC(C(=O)O)C1CN(C(=O)N2CCSCC2C)C1. The van der Waals surface area contributed by atoms with Crippen molar-refractivity contribution in [3.8, 4) is 0 Å². The van der Waals surface area contributed by atoms with Gasteiger partial charge in [0.05, 0.1) is 5.92 Å². The molecule has 0 spiro atoms. The lowest BCUT2D eigenvalue weighted by atomic mass is 9.87. The van der Waals surface area contributed by atoms with E-state index in [1.165, 1.54) is 0 Å². The van der Waals surface area contributed by atoms with Gasteiger partial charge in [-0.3, -0.25) is 4.79 Å². The molecule has 18 heavy (non-hydrogen) atoms. The lowest BCUT2D eigenvalue weighted by Gasteiger charge is -2.45. The summed E-state index contributed by atoms with van der Waals surface area (Å²) in [5.41, 5.74) is 0. The molecule has 0 aromatic rings. The van der Waals surface area contributed by atoms with Crippen LogP contribution in [-0.2, 0) is 4.79 Å². The Morgan fingerprint density at radius 3 is 2.61 bits per heavy atom. The highest BCUT2D eigenvalue weighted by atomic mass is 32.2. The first kappa shape index (κ1) is 13.5. The predicted molar refractivity (Wildman–Crippen MR) is 70.8 cm³/mol. The van der Waals surface area contributed by atoms with Crippen LogP contribution in [0.3, 0.4) is 0 Å². The summed E-state index contributed by atoms with van der Waals surface area (Å²) in [6, 6.07) is 0.365. The zero-order valence-corrected chi connectivity index (χ0v) is 11.7. The molecule has 2 saturated heterocycles. The van der Waals surface area contributed by atoms with Gasteiger partial charge in [-0.1, -0.05) is 6.92 Å². The highest BCUT2D eigenvalue weighted by Gasteiger charge is 2.39. The number of likely N-dealkylation sites (tertiary alicyclic amines) is 1. The zero-order chi connectivity index (χ0) is 13.3. The summed E-state index contributed by atoms with van der Waals surface area (Å²) < 4.78 is 0. The molecular weight excluding hydrogens is 252 g/mol. The summed E-state index contributed by atoms with van der Waals surface area (Å²) in [6.07, 6.45) is 0. The number of carbonyl (C=O) groups excluding carboxylic acids is 1. The third-order valence-electron chi connectivity index (χ3n) is 3.89. The van der Waals surface area contributed by atoms with Crippen molar-refractivity contribution in [2.45, 2.75) is 19.9 Å². The third-order valence-corrected chi connectivity index (χ3v) is 5.08. The van der Waals surface area contributed by atoms with Gasteiger partial charge in [-0.15, -0.1) is 0 Å². The maximum Gasteiger partial charge on any atom is 0.320 e. The van der Waals surface area contributed by atoms with Crippen LogP contribution in [0.4, 0.5) is 4.79 Å². The van der Waals surface area contributed by atoms with Crippen molar-refractivity contribution in [2.24, 2.45) is 11.8 Å². The minimum absolute atomic E-state index is 0.0802. The second-order valence-electron chi connectivity index (χ2n) is 5.19. The third kappa shape index (κ3) is 2.58. The van der Waals surface area contributed by atoms with Crippen molar-refractivity contribution >= 4 is 23.8 Å². The second-order valence-corrected chi connectivity index (χ2v) is 6.34. The van der Waals surface area contributed by atoms with E-state index in [0.29, 0.717) is 13.1 Å². The Balaban J connectivity index is 1.84. The number of carboxylic acid groups (broad SMARTS) is 1. The fraction of sp³-hybridized carbons (Fsp3) is 0.833. The Morgan fingerprint density at radius 1 is 1.39 bits per heavy atom. The lowest BCUT2D eigenvalue weighted by Crippen LogP contribution is -2.59. The van der Waals surface area contributed by atoms with E-state index < -0.39 is 5.97 Å². The van der Waals surface area contributed by atoms with E-state index in [1.54, 1.807) is 11.8 Å². The second kappa shape index (κ2) is 5.38. The minimum Gasteiger partial charge on any atom is -0.481 e. The lowest BCUT2D eigenvalue weighted by molar-refractivity contribution is -0.144. The molecule has 2 unspecified atom stereocenters. The maximum atomic E-state index is 12.2. The molecule has 0 bridgehead atoms. The number of rotatable bonds is 2. The summed E-state index contributed by atoms with van der Waals surface area (Å²) in [5, 5.41) is 8.92. The summed E-state index contributed by atoms with van der Waals surface area (Å²) in [6.45, 7) is 5.77.